The summed E-state index contributed by atoms with van der Waals surface area (Å²) in [6.07, 6.45) is 8.25. The molecule has 0 bridgehead atoms. The average molecular weight is 263 g/mol. The largest absolute Gasteiger partial charge is 0.263 e. The van der Waals surface area contributed by atoms with Gasteiger partial charge in [-0.25, -0.2) is 4.58 Å². The van der Waals surface area contributed by atoms with E-state index in [0.29, 0.717) is 5.84 Å². The van der Waals surface area contributed by atoms with Gasteiger partial charge in [0.05, 0.1) is 0 Å². The van der Waals surface area contributed by atoms with Crippen molar-refractivity contribution >= 4 is 12.1 Å². The molecule has 0 aliphatic carbocycles. The molecule has 19 heavy (non-hydrogen) atoms. The molecule has 0 rings (SSSR count). The molecule has 0 radical (unpaired) electrons. The van der Waals surface area contributed by atoms with Gasteiger partial charge in [0, 0.05) is 20.5 Å². The van der Waals surface area contributed by atoms with Gasteiger partial charge in [-0.1, -0.05) is 32.4 Å². The number of azo groups is 1. The molecule has 0 saturated heterocycles. The zero-order chi connectivity index (χ0) is 14.7. The van der Waals surface area contributed by atoms with Crippen LogP contribution in [0.5, 0.6) is 0 Å². The maximum Gasteiger partial charge on any atom is 0.247 e. The highest BCUT2D eigenvalue weighted by atomic mass is 15.2. The molecule has 4 heteroatoms. The first-order valence-corrected chi connectivity index (χ1v) is 6.80. The van der Waals surface area contributed by atoms with E-state index in [-0.39, 0.29) is 0 Å². The Morgan fingerprint density at radius 1 is 1.26 bits per heavy atom. The lowest BCUT2D eigenvalue weighted by Crippen LogP contribution is -2.15. The van der Waals surface area contributed by atoms with Crippen LogP contribution >= 0.6 is 0 Å². The summed E-state index contributed by atoms with van der Waals surface area (Å²) in [5.41, 5.74) is 2.23. The van der Waals surface area contributed by atoms with E-state index < -0.39 is 0 Å². The van der Waals surface area contributed by atoms with E-state index in [1.54, 1.807) is 14.1 Å². The molecule has 0 aliphatic rings. The van der Waals surface area contributed by atoms with Crippen LogP contribution in [0.2, 0.25) is 0 Å². The van der Waals surface area contributed by atoms with Gasteiger partial charge in [-0.3, -0.25) is 4.99 Å². The smallest absolute Gasteiger partial charge is 0.247 e. The van der Waals surface area contributed by atoms with E-state index in [4.69, 9.17) is 0 Å². The van der Waals surface area contributed by atoms with Crippen LogP contribution in [0.3, 0.4) is 0 Å². The van der Waals surface area contributed by atoms with Crippen molar-refractivity contribution in [2.75, 3.05) is 21.1 Å². The van der Waals surface area contributed by atoms with Crippen LogP contribution < -0.4 is 0 Å². The predicted octanol–water partition coefficient (Wildman–Crippen LogP) is 3.85. The van der Waals surface area contributed by atoms with Crippen LogP contribution in [-0.4, -0.2) is 37.8 Å². The highest BCUT2D eigenvalue weighted by Crippen LogP contribution is 2.07. The number of nitrogens with zero attached hydrogens (tertiary/aromatic N) is 4. The summed E-state index contributed by atoms with van der Waals surface area (Å²) < 4.78 is 2.06. The monoisotopic (exact) mass is 263 g/mol. The molecular weight excluding hydrogens is 236 g/mol. The third-order valence-electron chi connectivity index (χ3n) is 2.67. The maximum atomic E-state index is 4.19. The Morgan fingerprint density at radius 3 is 2.42 bits per heavy atom. The van der Waals surface area contributed by atoms with E-state index in [0.717, 1.165) is 31.4 Å². The lowest BCUT2D eigenvalue weighted by Gasteiger charge is -2.02. The fourth-order valence-corrected chi connectivity index (χ4v) is 1.71. The van der Waals surface area contributed by atoms with Gasteiger partial charge in [0.25, 0.3) is 0 Å². The van der Waals surface area contributed by atoms with Crippen molar-refractivity contribution in [3.8, 4) is 0 Å². The highest BCUT2D eigenvalue weighted by Gasteiger charge is 2.15. The minimum absolute atomic E-state index is 0.657. The maximum absolute atomic E-state index is 4.19. The fraction of sp³-hybridized carbons (Fsp3) is 0.600. The summed E-state index contributed by atoms with van der Waals surface area (Å²) in [6, 6.07) is 0. The Balaban J connectivity index is 5.04. The van der Waals surface area contributed by atoms with Crippen molar-refractivity contribution in [3.63, 3.8) is 0 Å². The van der Waals surface area contributed by atoms with Gasteiger partial charge in [0.1, 0.15) is 13.3 Å². The molecule has 0 amide bonds. The molecule has 0 aliphatic heterocycles. The third kappa shape index (κ3) is 6.79. The number of rotatable bonds is 7. The second kappa shape index (κ2) is 10.4. The Labute approximate surface area is 117 Å². The van der Waals surface area contributed by atoms with Gasteiger partial charge in [-0.2, -0.15) is 5.11 Å². The number of aliphatic imine (C=N–C) groups is 1. The quantitative estimate of drug-likeness (QED) is 0.220. The normalized spacial score (nSPS) is 14.3. The molecular formula is C15H27N4+. The number of likely N-dealkylation sites (N-methyl/N-ethyl adjacent to an activating group) is 1. The van der Waals surface area contributed by atoms with Gasteiger partial charge in [-0.15, -0.1) is 5.11 Å². The molecule has 0 spiro atoms. The van der Waals surface area contributed by atoms with Gasteiger partial charge >= 0.3 is 0 Å². The molecule has 0 fully saturated rings. The molecule has 0 saturated carbocycles. The summed E-state index contributed by atoms with van der Waals surface area (Å²) in [4.78, 5) is 4.19. The Morgan fingerprint density at radius 2 is 1.95 bits per heavy atom. The first-order valence-electron chi connectivity index (χ1n) is 6.80. The second-order valence-electron chi connectivity index (χ2n) is 4.34. The first-order chi connectivity index (χ1) is 9.10. The molecule has 0 N–H and O–H groups in total. The average Bonchev–Trinajstić information content (AvgIpc) is 2.40. The lowest BCUT2D eigenvalue weighted by atomic mass is 10.1. The lowest BCUT2D eigenvalue weighted by molar-refractivity contribution is -0.430. The van der Waals surface area contributed by atoms with Crippen LogP contribution in [-0.2, 0) is 0 Å². The van der Waals surface area contributed by atoms with Crippen LogP contribution in [0.1, 0.15) is 39.5 Å². The molecule has 0 aromatic rings. The zero-order valence-corrected chi connectivity index (χ0v) is 13.0. The van der Waals surface area contributed by atoms with Crippen LogP contribution in [0.15, 0.2) is 39.1 Å². The van der Waals surface area contributed by atoms with E-state index in [1.807, 2.05) is 7.05 Å². The second-order valence-corrected chi connectivity index (χ2v) is 4.34. The van der Waals surface area contributed by atoms with Crippen molar-refractivity contribution in [1.82, 2.24) is 0 Å². The molecule has 106 valence electrons. The fourth-order valence-electron chi connectivity index (χ4n) is 1.71. The molecule has 0 heterocycles. The van der Waals surface area contributed by atoms with Gasteiger partial charge < -0.3 is 0 Å². The summed E-state index contributed by atoms with van der Waals surface area (Å²) in [5, 5.41) is 7.88. The number of hydrogen-bond acceptors (Lipinski definition) is 2. The van der Waals surface area contributed by atoms with Crippen molar-refractivity contribution < 1.29 is 4.58 Å². The first kappa shape index (κ1) is 17.4. The SMILES string of the molecule is C=C(CC=[N+](C)C(=CCC)C(N=NC)=NC)CCC. The van der Waals surface area contributed by atoms with E-state index in [1.165, 1.54) is 5.57 Å². The van der Waals surface area contributed by atoms with Gasteiger partial charge in [-0.05, 0) is 18.9 Å². The van der Waals surface area contributed by atoms with Crippen molar-refractivity contribution in [2.24, 2.45) is 15.2 Å². The van der Waals surface area contributed by atoms with Crippen LogP contribution in [0, 0.1) is 0 Å². The molecule has 4 nitrogen and oxygen atoms in total. The molecule has 0 unspecified atom stereocenters. The van der Waals surface area contributed by atoms with E-state index in [9.17, 15) is 0 Å². The van der Waals surface area contributed by atoms with Crippen LogP contribution in [0.25, 0.3) is 0 Å². The molecule has 0 aromatic carbocycles. The molecule has 0 atom stereocenters. The summed E-state index contributed by atoms with van der Waals surface area (Å²) in [6.45, 7) is 8.34. The summed E-state index contributed by atoms with van der Waals surface area (Å²) >= 11 is 0. The topological polar surface area (TPSA) is 40.1 Å². The zero-order valence-electron chi connectivity index (χ0n) is 13.0. The number of hydrogen-bond donors (Lipinski definition) is 0. The highest BCUT2D eigenvalue weighted by molar-refractivity contribution is 5.96. The van der Waals surface area contributed by atoms with Crippen molar-refractivity contribution in [1.29, 1.82) is 0 Å². The van der Waals surface area contributed by atoms with Gasteiger partial charge in [0.15, 0.2) is 0 Å². The Bertz CT molecular complexity index is 400. The minimum atomic E-state index is 0.657. The minimum Gasteiger partial charge on any atom is -0.263 e. The van der Waals surface area contributed by atoms with Gasteiger partial charge in [0.2, 0.25) is 11.5 Å². The summed E-state index contributed by atoms with van der Waals surface area (Å²) in [7, 11) is 5.40. The van der Waals surface area contributed by atoms with Crippen molar-refractivity contribution in [2.45, 2.75) is 39.5 Å². The Hall–Kier alpha value is -1.58. The predicted molar refractivity (Wildman–Crippen MR) is 83.4 cm³/mol. The van der Waals surface area contributed by atoms with E-state index >= 15 is 0 Å². The number of amidine groups is 1. The van der Waals surface area contributed by atoms with Crippen LogP contribution in [0.4, 0.5) is 0 Å². The number of allylic oxidation sites excluding steroid dienone is 2. The Kier molecular flexibility index (Phi) is 9.49. The molecule has 0 aromatic heterocycles. The van der Waals surface area contributed by atoms with E-state index in [2.05, 4.69) is 52.5 Å². The standard InChI is InChI=1S/C15H27N4/c1-7-9-13(3)11-12-19(6)14(10-8-2)15(16-4)18-17-5/h10,12H,3,7-9,11H2,1-2,4-6H3/q+1. The summed E-state index contributed by atoms with van der Waals surface area (Å²) in [5.74, 6) is 0.657. The van der Waals surface area contributed by atoms with Crippen molar-refractivity contribution in [3.05, 3.63) is 23.9 Å². The third-order valence-corrected chi connectivity index (χ3v) is 2.67.